The van der Waals surface area contributed by atoms with Crippen LogP contribution in [0.3, 0.4) is 0 Å². The van der Waals surface area contributed by atoms with Crippen molar-refractivity contribution in [2.24, 2.45) is 0 Å². The number of nitrogens with zero attached hydrogens (tertiary/aromatic N) is 4. The lowest BCUT2D eigenvalue weighted by Crippen LogP contribution is -2.04. The van der Waals surface area contributed by atoms with Crippen molar-refractivity contribution in [2.75, 3.05) is 0 Å². The smallest absolute Gasteiger partial charge is 0.166 e. The Morgan fingerprint density at radius 2 is 0.897 bits per heavy atom. The number of para-hydroxylation sites is 2. The van der Waals surface area contributed by atoms with Crippen molar-refractivity contribution in [1.29, 1.82) is 0 Å². The molecule has 0 unspecified atom stereocenters. The molecule has 0 spiro atoms. The predicted molar refractivity (Wildman–Crippen MR) is 238 cm³/mol. The summed E-state index contributed by atoms with van der Waals surface area (Å²) >= 11 is 0. The molecule has 0 bridgehead atoms. The monoisotopic (exact) mass is 744 g/mol. The molecular formula is C53H36N4O. The van der Waals surface area contributed by atoms with Gasteiger partial charge in [-0.1, -0.05) is 151 Å². The first kappa shape index (κ1) is 33.7. The molecule has 8 aromatic carbocycles. The molecule has 5 heteroatoms. The Morgan fingerprint density at radius 3 is 1.62 bits per heavy atom. The Labute approximate surface area is 335 Å². The van der Waals surface area contributed by atoms with Crippen LogP contribution in [0.4, 0.5) is 0 Å². The van der Waals surface area contributed by atoms with Crippen LogP contribution in [0.15, 0.2) is 186 Å². The topological polar surface area (TPSA) is 56.7 Å². The molecule has 0 saturated heterocycles. The van der Waals surface area contributed by atoms with Crippen LogP contribution < -0.4 is 0 Å². The third kappa shape index (κ3) is 5.75. The van der Waals surface area contributed by atoms with E-state index in [1.807, 2.05) is 48.5 Å². The fourth-order valence-electron chi connectivity index (χ4n) is 8.48. The summed E-state index contributed by atoms with van der Waals surface area (Å²) in [5.41, 5.74) is 14.6. The molecule has 0 aliphatic carbocycles. The van der Waals surface area contributed by atoms with Crippen LogP contribution in [-0.2, 0) is 0 Å². The first-order valence-corrected chi connectivity index (χ1v) is 19.6. The van der Waals surface area contributed by atoms with Crippen LogP contribution in [0.25, 0.3) is 106 Å². The third-order valence-corrected chi connectivity index (χ3v) is 11.1. The molecule has 58 heavy (non-hydrogen) atoms. The number of fused-ring (bicyclic) bond motifs is 6. The molecule has 11 aromatic rings. The average Bonchev–Trinajstić information content (AvgIpc) is 3.81. The highest BCUT2D eigenvalue weighted by molar-refractivity contribution is 6.11. The normalized spacial score (nSPS) is 11.6. The summed E-state index contributed by atoms with van der Waals surface area (Å²) in [4.78, 5) is 15.6. The highest BCUT2D eigenvalue weighted by Crippen LogP contribution is 2.40. The van der Waals surface area contributed by atoms with Crippen LogP contribution >= 0.6 is 0 Å². The van der Waals surface area contributed by atoms with Gasteiger partial charge in [-0.2, -0.15) is 0 Å². The van der Waals surface area contributed by atoms with Gasteiger partial charge in [0.15, 0.2) is 17.5 Å². The summed E-state index contributed by atoms with van der Waals surface area (Å²) in [5, 5.41) is 4.57. The Bertz CT molecular complexity index is 3280. The van der Waals surface area contributed by atoms with E-state index >= 15 is 0 Å². The first-order valence-electron chi connectivity index (χ1n) is 19.6. The Hall–Kier alpha value is -7.63. The van der Waals surface area contributed by atoms with Crippen LogP contribution in [0.2, 0.25) is 0 Å². The van der Waals surface area contributed by atoms with E-state index in [-0.39, 0.29) is 0 Å². The summed E-state index contributed by atoms with van der Waals surface area (Å²) in [6, 6.07) is 63.9. The molecule has 3 heterocycles. The Kier molecular flexibility index (Phi) is 7.86. The molecule has 0 atom stereocenters. The van der Waals surface area contributed by atoms with Crippen molar-refractivity contribution < 1.29 is 4.42 Å². The number of hydrogen-bond donors (Lipinski definition) is 0. The van der Waals surface area contributed by atoms with E-state index in [1.54, 1.807) is 0 Å². The molecule has 274 valence electrons. The quantitative estimate of drug-likeness (QED) is 0.170. The summed E-state index contributed by atoms with van der Waals surface area (Å²) in [6.45, 7) is 4.32. The van der Waals surface area contributed by atoms with Crippen molar-refractivity contribution in [3.63, 3.8) is 0 Å². The number of furan rings is 1. The maximum Gasteiger partial charge on any atom is 0.166 e. The van der Waals surface area contributed by atoms with Gasteiger partial charge in [0.25, 0.3) is 0 Å². The predicted octanol–water partition coefficient (Wildman–Crippen LogP) is 13.8. The minimum Gasteiger partial charge on any atom is -0.456 e. The molecule has 0 saturated carbocycles. The van der Waals surface area contributed by atoms with E-state index in [4.69, 9.17) is 19.4 Å². The van der Waals surface area contributed by atoms with Gasteiger partial charge in [-0.25, -0.2) is 15.0 Å². The van der Waals surface area contributed by atoms with Crippen molar-refractivity contribution in [2.45, 2.75) is 13.8 Å². The van der Waals surface area contributed by atoms with Gasteiger partial charge in [0.05, 0.1) is 16.7 Å². The van der Waals surface area contributed by atoms with E-state index in [0.29, 0.717) is 17.5 Å². The van der Waals surface area contributed by atoms with Crippen molar-refractivity contribution in [3.8, 4) is 62.1 Å². The molecule has 0 radical (unpaired) electrons. The number of aryl methyl sites for hydroxylation is 2. The second-order valence-electron chi connectivity index (χ2n) is 15.0. The zero-order chi connectivity index (χ0) is 38.7. The molecule has 0 amide bonds. The fourth-order valence-corrected chi connectivity index (χ4v) is 8.48. The van der Waals surface area contributed by atoms with Crippen molar-refractivity contribution in [3.05, 3.63) is 193 Å². The van der Waals surface area contributed by atoms with Gasteiger partial charge < -0.3 is 8.98 Å². The molecule has 5 nitrogen and oxygen atoms in total. The van der Waals surface area contributed by atoms with Gasteiger partial charge in [0.2, 0.25) is 0 Å². The van der Waals surface area contributed by atoms with E-state index in [0.717, 1.165) is 66.5 Å². The van der Waals surface area contributed by atoms with Crippen LogP contribution in [0.1, 0.15) is 11.1 Å². The number of benzene rings is 8. The Balaban J connectivity index is 1.20. The van der Waals surface area contributed by atoms with E-state index in [9.17, 15) is 0 Å². The SMILES string of the molecule is Cc1cc(C)cc(-c2ccc3c4ccccc4n(-c4ccc(-c5ccc6c(c5)oc5ccccc56)cc4-c4nc(-c5ccccc5)nc(-c5ccccc5)n4)c3c2)c1. The number of hydrogen-bond acceptors (Lipinski definition) is 4. The zero-order valence-corrected chi connectivity index (χ0v) is 32.0. The molecule has 0 N–H and O–H groups in total. The molecule has 0 aliphatic heterocycles. The lowest BCUT2D eigenvalue weighted by atomic mass is 9.99. The highest BCUT2D eigenvalue weighted by Gasteiger charge is 2.21. The van der Waals surface area contributed by atoms with Gasteiger partial charge in [0, 0.05) is 38.2 Å². The minimum atomic E-state index is 0.589. The molecule has 0 fully saturated rings. The van der Waals surface area contributed by atoms with Crippen LogP contribution in [0.5, 0.6) is 0 Å². The lowest BCUT2D eigenvalue weighted by molar-refractivity contribution is 0.669. The van der Waals surface area contributed by atoms with Gasteiger partial charge in [-0.05, 0) is 78.6 Å². The molecule has 11 rings (SSSR count). The van der Waals surface area contributed by atoms with E-state index in [2.05, 4.69) is 152 Å². The molecule has 3 aromatic heterocycles. The van der Waals surface area contributed by atoms with Gasteiger partial charge in [-0.15, -0.1) is 0 Å². The fraction of sp³-hybridized carbons (Fsp3) is 0.0377. The zero-order valence-electron chi connectivity index (χ0n) is 32.0. The molecule has 0 aliphatic rings. The minimum absolute atomic E-state index is 0.589. The van der Waals surface area contributed by atoms with Crippen LogP contribution in [-0.4, -0.2) is 19.5 Å². The van der Waals surface area contributed by atoms with Crippen LogP contribution in [0, 0.1) is 13.8 Å². The van der Waals surface area contributed by atoms with Gasteiger partial charge >= 0.3 is 0 Å². The summed E-state index contributed by atoms with van der Waals surface area (Å²) in [5.74, 6) is 1.82. The van der Waals surface area contributed by atoms with E-state index < -0.39 is 0 Å². The number of aromatic nitrogens is 4. The van der Waals surface area contributed by atoms with Gasteiger partial charge in [0.1, 0.15) is 11.2 Å². The van der Waals surface area contributed by atoms with Gasteiger partial charge in [-0.3, -0.25) is 0 Å². The maximum absolute atomic E-state index is 6.36. The summed E-state index contributed by atoms with van der Waals surface area (Å²) in [7, 11) is 0. The third-order valence-electron chi connectivity index (χ3n) is 11.1. The summed E-state index contributed by atoms with van der Waals surface area (Å²) < 4.78 is 8.74. The first-order chi connectivity index (χ1) is 28.5. The maximum atomic E-state index is 6.36. The second-order valence-corrected chi connectivity index (χ2v) is 15.0. The van der Waals surface area contributed by atoms with Crippen molar-refractivity contribution >= 4 is 43.7 Å². The largest absolute Gasteiger partial charge is 0.456 e. The second kappa shape index (κ2) is 13.5. The van der Waals surface area contributed by atoms with Crippen molar-refractivity contribution in [1.82, 2.24) is 19.5 Å². The molecular weight excluding hydrogens is 709 g/mol. The number of rotatable bonds is 6. The highest BCUT2D eigenvalue weighted by atomic mass is 16.3. The standard InChI is InChI=1S/C53H36N4O/c1-33-27-34(2)29-40(28-33)38-21-24-42-41-17-9-11-19-46(41)57(48(42)31-38)47-26-23-37(39-22-25-44-43-18-10-12-20-49(43)58-50(44)32-39)30-45(47)53-55-51(35-13-5-3-6-14-35)54-52(56-53)36-15-7-4-8-16-36/h3-32H,1-2H3. The van der Waals surface area contributed by atoms with E-state index in [1.165, 1.54) is 33.0 Å². The lowest BCUT2D eigenvalue weighted by Gasteiger charge is -2.17. The average molecular weight is 745 g/mol. The Morgan fingerprint density at radius 1 is 0.362 bits per heavy atom. The summed E-state index contributed by atoms with van der Waals surface area (Å²) in [6.07, 6.45) is 0.